The molecule has 2 aliphatic heterocycles. The lowest BCUT2D eigenvalue weighted by Gasteiger charge is -2.48. The molecule has 1 amide bonds. The van der Waals surface area contributed by atoms with Gasteiger partial charge in [-0.1, -0.05) is 6.92 Å². The van der Waals surface area contributed by atoms with E-state index in [1.54, 1.807) is 0 Å². The first-order valence-electron chi connectivity index (χ1n) is 5.87. The number of ether oxygens (including phenoxy) is 1. The van der Waals surface area contributed by atoms with Crippen molar-refractivity contribution in [3.63, 3.8) is 0 Å². The van der Waals surface area contributed by atoms with Gasteiger partial charge < -0.3 is 15.0 Å². The van der Waals surface area contributed by atoms with E-state index in [1.807, 2.05) is 11.8 Å². The van der Waals surface area contributed by atoms with E-state index in [2.05, 4.69) is 15.3 Å². The molecule has 6 nitrogen and oxygen atoms in total. The summed E-state index contributed by atoms with van der Waals surface area (Å²) in [7, 11) is 0. The molecule has 1 saturated heterocycles. The Morgan fingerprint density at radius 1 is 1.67 bits per heavy atom. The molecule has 1 aromatic heterocycles. The van der Waals surface area contributed by atoms with Crippen LogP contribution in [0.5, 0.6) is 0 Å². The number of anilines is 2. The predicted octanol–water partition coefficient (Wildman–Crippen LogP) is 1.07. The fourth-order valence-electron chi connectivity index (χ4n) is 2.52. The third-order valence-electron chi connectivity index (χ3n) is 3.57. The lowest BCUT2D eigenvalue weighted by atomic mass is 9.90. The van der Waals surface area contributed by atoms with Crippen LogP contribution in [0.2, 0.25) is 5.28 Å². The lowest BCUT2D eigenvalue weighted by Crippen LogP contribution is -2.65. The molecule has 1 aromatic rings. The number of carbonyl (C=O) groups excluding carboxylic acids is 1. The minimum atomic E-state index is -0.678. The second-order valence-corrected chi connectivity index (χ2v) is 4.76. The number of aromatic nitrogens is 2. The van der Waals surface area contributed by atoms with Crippen molar-refractivity contribution in [2.45, 2.75) is 18.9 Å². The predicted molar refractivity (Wildman–Crippen MR) is 66.9 cm³/mol. The summed E-state index contributed by atoms with van der Waals surface area (Å²) in [4.78, 5) is 22.4. The van der Waals surface area contributed by atoms with Crippen molar-refractivity contribution in [2.24, 2.45) is 0 Å². The standard InChI is InChI=1S/C11H13ClN4O2/c1-2-11-6-18-4-3-16(11)8-7(14-9(11)17)5-13-10(12)15-8/h5H,2-4,6H2,1H3,(H,14,17). The van der Waals surface area contributed by atoms with Gasteiger partial charge in [-0.25, -0.2) is 4.98 Å². The van der Waals surface area contributed by atoms with Gasteiger partial charge in [0.05, 0.1) is 19.4 Å². The van der Waals surface area contributed by atoms with Gasteiger partial charge in [-0.15, -0.1) is 0 Å². The number of hydrogen-bond acceptors (Lipinski definition) is 5. The summed E-state index contributed by atoms with van der Waals surface area (Å²) in [5.41, 5.74) is -0.0708. The zero-order chi connectivity index (χ0) is 12.8. The smallest absolute Gasteiger partial charge is 0.252 e. The third-order valence-corrected chi connectivity index (χ3v) is 3.75. The molecule has 7 heteroatoms. The van der Waals surface area contributed by atoms with E-state index in [9.17, 15) is 4.79 Å². The monoisotopic (exact) mass is 268 g/mol. The Morgan fingerprint density at radius 2 is 2.50 bits per heavy atom. The molecule has 0 bridgehead atoms. The number of amides is 1. The second-order valence-electron chi connectivity index (χ2n) is 4.42. The minimum Gasteiger partial charge on any atom is -0.377 e. The summed E-state index contributed by atoms with van der Waals surface area (Å²) in [5, 5.41) is 3.02. The molecule has 0 aromatic carbocycles. The van der Waals surface area contributed by atoms with E-state index < -0.39 is 5.54 Å². The van der Waals surface area contributed by atoms with E-state index >= 15 is 0 Å². The Labute approximate surface area is 109 Å². The van der Waals surface area contributed by atoms with Crippen molar-refractivity contribution in [2.75, 3.05) is 30.0 Å². The highest BCUT2D eigenvalue weighted by molar-refractivity contribution is 6.28. The summed E-state index contributed by atoms with van der Waals surface area (Å²) >= 11 is 5.84. The van der Waals surface area contributed by atoms with Gasteiger partial charge in [0, 0.05) is 6.54 Å². The van der Waals surface area contributed by atoms with E-state index in [4.69, 9.17) is 16.3 Å². The summed E-state index contributed by atoms with van der Waals surface area (Å²) in [6.45, 7) is 3.54. The van der Waals surface area contributed by atoms with Crippen LogP contribution in [0.3, 0.4) is 0 Å². The highest BCUT2D eigenvalue weighted by atomic mass is 35.5. The Kier molecular flexibility index (Phi) is 2.64. The van der Waals surface area contributed by atoms with Crippen LogP contribution < -0.4 is 10.2 Å². The number of halogens is 1. The number of morpholine rings is 1. The maximum absolute atomic E-state index is 12.3. The zero-order valence-corrected chi connectivity index (χ0v) is 10.7. The first kappa shape index (κ1) is 11.7. The van der Waals surface area contributed by atoms with Crippen LogP contribution in [0.25, 0.3) is 0 Å². The molecule has 0 aliphatic carbocycles. The van der Waals surface area contributed by atoms with Crippen molar-refractivity contribution in [3.8, 4) is 0 Å². The normalized spacial score (nSPS) is 26.3. The molecule has 1 unspecified atom stereocenters. The number of rotatable bonds is 1. The van der Waals surface area contributed by atoms with Crippen molar-refractivity contribution in [1.29, 1.82) is 0 Å². The van der Waals surface area contributed by atoms with Gasteiger partial charge in [-0.2, -0.15) is 4.98 Å². The highest BCUT2D eigenvalue weighted by Gasteiger charge is 2.49. The zero-order valence-electron chi connectivity index (χ0n) is 9.94. The summed E-state index contributed by atoms with van der Waals surface area (Å²) in [6, 6.07) is 0. The third kappa shape index (κ3) is 1.49. The topological polar surface area (TPSA) is 67.3 Å². The Morgan fingerprint density at radius 3 is 3.28 bits per heavy atom. The van der Waals surface area contributed by atoms with Crippen molar-refractivity contribution in [1.82, 2.24) is 9.97 Å². The molecule has 0 spiro atoms. The Hall–Kier alpha value is -1.40. The van der Waals surface area contributed by atoms with Gasteiger partial charge in [0.15, 0.2) is 5.82 Å². The van der Waals surface area contributed by atoms with Gasteiger partial charge in [0.25, 0.3) is 5.91 Å². The van der Waals surface area contributed by atoms with E-state index in [1.165, 1.54) is 6.20 Å². The fraction of sp³-hybridized carbons (Fsp3) is 0.545. The van der Waals surface area contributed by atoms with Crippen LogP contribution in [0.4, 0.5) is 11.5 Å². The van der Waals surface area contributed by atoms with Gasteiger partial charge in [0.1, 0.15) is 11.2 Å². The van der Waals surface area contributed by atoms with Gasteiger partial charge in [0.2, 0.25) is 5.28 Å². The molecule has 0 saturated carbocycles. The molecule has 2 aliphatic rings. The van der Waals surface area contributed by atoms with Gasteiger partial charge in [-0.3, -0.25) is 4.79 Å². The number of nitrogens with zero attached hydrogens (tertiary/aromatic N) is 3. The maximum atomic E-state index is 12.3. The van der Waals surface area contributed by atoms with Crippen molar-refractivity contribution >= 4 is 29.0 Å². The number of hydrogen-bond donors (Lipinski definition) is 1. The molecule has 0 radical (unpaired) electrons. The van der Waals surface area contributed by atoms with Gasteiger partial charge >= 0.3 is 0 Å². The van der Waals surface area contributed by atoms with Crippen LogP contribution in [0.15, 0.2) is 6.20 Å². The molecule has 96 valence electrons. The van der Waals surface area contributed by atoms with E-state index in [0.29, 0.717) is 37.7 Å². The maximum Gasteiger partial charge on any atom is 0.252 e. The minimum absolute atomic E-state index is 0.0666. The largest absolute Gasteiger partial charge is 0.377 e. The highest BCUT2D eigenvalue weighted by Crippen LogP contribution is 2.38. The van der Waals surface area contributed by atoms with E-state index in [-0.39, 0.29) is 11.2 Å². The second kappa shape index (κ2) is 4.07. The van der Waals surface area contributed by atoms with Crippen LogP contribution in [-0.4, -0.2) is 41.2 Å². The lowest BCUT2D eigenvalue weighted by molar-refractivity contribution is -0.125. The van der Waals surface area contributed by atoms with Crippen molar-refractivity contribution in [3.05, 3.63) is 11.5 Å². The molecular weight excluding hydrogens is 256 g/mol. The number of fused-ring (bicyclic) bond motifs is 3. The first-order valence-corrected chi connectivity index (χ1v) is 6.24. The Bertz CT molecular complexity index is 510. The molecule has 1 atom stereocenters. The summed E-state index contributed by atoms with van der Waals surface area (Å²) in [5.74, 6) is 0.614. The van der Waals surface area contributed by atoms with Crippen LogP contribution in [-0.2, 0) is 9.53 Å². The molecule has 1 N–H and O–H groups in total. The Balaban J connectivity index is 2.14. The average Bonchev–Trinajstić information content (AvgIpc) is 2.40. The van der Waals surface area contributed by atoms with Gasteiger partial charge in [-0.05, 0) is 18.0 Å². The summed E-state index contributed by atoms with van der Waals surface area (Å²) in [6.07, 6.45) is 2.19. The SMILES string of the molecule is CCC12COCCN1c1nc(Cl)ncc1NC2=O. The quantitative estimate of drug-likeness (QED) is 0.772. The molecular formula is C11H13ClN4O2. The molecule has 3 rings (SSSR count). The van der Waals surface area contributed by atoms with Crippen LogP contribution >= 0.6 is 11.6 Å². The molecule has 3 heterocycles. The van der Waals surface area contributed by atoms with Crippen molar-refractivity contribution < 1.29 is 9.53 Å². The summed E-state index contributed by atoms with van der Waals surface area (Å²) < 4.78 is 5.47. The molecule has 1 fully saturated rings. The van der Waals surface area contributed by atoms with E-state index in [0.717, 1.165) is 0 Å². The fourth-order valence-corrected chi connectivity index (χ4v) is 2.65. The first-order chi connectivity index (χ1) is 8.67. The molecule has 18 heavy (non-hydrogen) atoms. The average molecular weight is 269 g/mol. The van der Waals surface area contributed by atoms with Crippen LogP contribution in [0, 0.1) is 0 Å². The number of carbonyl (C=O) groups is 1. The number of nitrogens with one attached hydrogen (secondary N) is 1. The van der Waals surface area contributed by atoms with Crippen LogP contribution in [0.1, 0.15) is 13.3 Å².